The highest BCUT2D eigenvalue weighted by atomic mass is 32.1. The first-order chi connectivity index (χ1) is 17.2. The van der Waals surface area contributed by atoms with E-state index < -0.39 is 0 Å². The lowest BCUT2D eigenvalue weighted by molar-refractivity contribution is 0.0950. The van der Waals surface area contributed by atoms with Crippen LogP contribution in [-0.2, 0) is 13.2 Å². The number of rotatable bonds is 8. The zero-order valence-electron chi connectivity index (χ0n) is 18.7. The van der Waals surface area contributed by atoms with Crippen molar-refractivity contribution in [1.82, 2.24) is 5.32 Å². The minimum atomic E-state index is -0.192. The van der Waals surface area contributed by atoms with Crippen molar-refractivity contribution >= 4 is 50.3 Å². The molecule has 0 atom stereocenters. The van der Waals surface area contributed by atoms with E-state index in [-0.39, 0.29) is 11.8 Å². The van der Waals surface area contributed by atoms with Crippen LogP contribution in [0.1, 0.15) is 30.5 Å². The van der Waals surface area contributed by atoms with Gasteiger partial charge in [0.2, 0.25) is 0 Å². The third kappa shape index (κ3) is 5.42. The Labute approximate surface area is 211 Å². The van der Waals surface area contributed by atoms with Gasteiger partial charge in [-0.2, -0.15) is 0 Å². The Hall–Kier alpha value is -3.94. The number of nitrogens with one attached hydrogen (secondary N) is 2. The second-order valence-electron chi connectivity index (χ2n) is 7.85. The number of fused-ring (bicyclic) bond motifs is 1. The van der Waals surface area contributed by atoms with E-state index in [0.717, 1.165) is 21.2 Å². The average Bonchev–Trinajstić information content (AvgIpc) is 3.56. The van der Waals surface area contributed by atoms with Crippen molar-refractivity contribution in [2.75, 3.05) is 5.32 Å². The molecular formula is C28H22N2O3S2. The van der Waals surface area contributed by atoms with Crippen LogP contribution in [0.3, 0.4) is 0 Å². The number of carbonyl (C=O) groups is 2. The van der Waals surface area contributed by atoms with Gasteiger partial charge in [-0.15, -0.1) is 22.7 Å². The summed E-state index contributed by atoms with van der Waals surface area (Å²) in [7, 11) is 0. The van der Waals surface area contributed by atoms with Crippen LogP contribution in [0.4, 0.5) is 5.69 Å². The number of thiophene rings is 2. The summed E-state index contributed by atoms with van der Waals surface area (Å²) in [6.07, 6.45) is 0. The van der Waals surface area contributed by atoms with Gasteiger partial charge in [0, 0.05) is 22.3 Å². The quantitative estimate of drug-likeness (QED) is 0.249. The molecule has 5 rings (SSSR count). The standard InChI is InChI=1S/C28H22N2O3S2/c31-27(24-14-7-15-34-24)30-21-11-6-10-20(16-21)17-29-28(32)26-25(22-12-4-5-13-23(22)35-26)33-18-19-8-2-1-3-9-19/h1-16H,17-18H2,(H,29,32)(H,30,31). The van der Waals surface area contributed by atoms with Crippen LogP contribution in [0.15, 0.2) is 96.4 Å². The summed E-state index contributed by atoms with van der Waals surface area (Å²) in [5, 5.41) is 8.70. The number of carbonyl (C=O) groups excluding carboxylic acids is 2. The molecule has 35 heavy (non-hydrogen) atoms. The average molecular weight is 499 g/mol. The molecule has 0 saturated heterocycles. The summed E-state index contributed by atoms with van der Waals surface area (Å²) in [5.74, 6) is 0.262. The maximum absolute atomic E-state index is 13.2. The topological polar surface area (TPSA) is 67.4 Å². The molecule has 0 aliphatic heterocycles. The molecule has 0 unspecified atom stereocenters. The van der Waals surface area contributed by atoms with E-state index in [0.29, 0.717) is 34.3 Å². The second-order valence-corrected chi connectivity index (χ2v) is 9.85. The molecule has 3 aromatic carbocycles. The molecule has 0 spiro atoms. The Bertz CT molecular complexity index is 1460. The first-order valence-corrected chi connectivity index (χ1v) is 12.8. The van der Waals surface area contributed by atoms with Crippen molar-refractivity contribution in [2.24, 2.45) is 0 Å². The van der Waals surface area contributed by atoms with Crippen LogP contribution < -0.4 is 15.4 Å². The minimum Gasteiger partial charge on any atom is -0.487 e. The van der Waals surface area contributed by atoms with Gasteiger partial charge in [0.15, 0.2) is 5.75 Å². The van der Waals surface area contributed by atoms with Crippen molar-refractivity contribution in [2.45, 2.75) is 13.2 Å². The smallest absolute Gasteiger partial charge is 0.265 e. The highest BCUT2D eigenvalue weighted by Crippen LogP contribution is 2.38. The zero-order valence-corrected chi connectivity index (χ0v) is 20.3. The van der Waals surface area contributed by atoms with Gasteiger partial charge in [-0.3, -0.25) is 9.59 Å². The van der Waals surface area contributed by atoms with Crippen LogP contribution >= 0.6 is 22.7 Å². The largest absolute Gasteiger partial charge is 0.487 e. The molecule has 2 aromatic heterocycles. The Morgan fingerprint density at radius 2 is 1.60 bits per heavy atom. The number of hydrogen-bond donors (Lipinski definition) is 2. The van der Waals surface area contributed by atoms with Gasteiger partial charge in [-0.1, -0.05) is 60.7 Å². The van der Waals surface area contributed by atoms with E-state index in [1.54, 1.807) is 6.07 Å². The summed E-state index contributed by atoms with van der Waals surface area (Å²) < 4.78 is 7.15. The fourth-order valence-electron chi connectivity index (χ4n) is 3.67. The van der Waals surface area contributed by atoms with Crippen molar-refractivity contribution in [3.63, 3.8) is 0 Å². The van der Waals surface area contributed by atoms with Crippen molar-refractivity contribution < 1.29 is 14.3 Å². The number of ether oxygens (including phenoxy) is 1. The van der Waals surface area contributed by atoms with Crippen molar-refractivity contribution in [3.05, 3.63) is 117 Å². The Kier molecular flexibility index (Phi) is 6.88. The Balaban J connectivity index is 1.30. The number of amides is 2. The first kappa shape index (κ1) is 22.8. The van der Waals surface area contributed by atoms with Gasteiger partial charge in [-0.25, -0.2) is 0 Å². The van der Waals surface area contributed by atoms with E-state index in [1.165, 1.54) is 22.7 Å². The van der Waals surface area contributed by atoms with Crippen molar-refractivity contribution in [1.29, 1.82) is 0 Å². The molecule has 2 N–H and O–H groups in total. The van der Waals surface area contributed by atoms with Gasteiger partial charge >= 0.3 is 0 Å². The molecule has 0 aliphatic rings. The lowest BCUT2D eigenvalue weighted by atomic mass is 10.2. The van der Waals surface area contributed by atoms with Gasteiger partial charge < -0.3 is 15.4 Å². The normalized spacial score (nSPS) is 10.7. The van der Waals surface area contributed by atoms with Crippen molar-refractivity contribution in [3.8, 4) is 5.75 Å². The molecule has 0 saturated carbocycles. The second kappa shape index (κ2) is 10.5. The molecule has 5 nitrogen and oxygen atoms in total. The molecule has 0 bridgehead atoms. The fourth-order valence-corrected chi connectivity index (χ4v) is 5.35. The molecule has 2 amide bonds. The van der Waals surface area contributed by atoms with Gasteiger partial charge in [0.25, 0.3) is 11.8 Å². The molecule has 7 heteroatoms. The van der Waals surface area contributed by atoms with Gasteiger partial charge in [-0.05, 0) is 46.8 Å². The fraction of sp³-hybridized carbons (Fsp3) is 0.0714. The van der Waals surface area contributed by atoms with E-state index in [2.05, 4.69) is 10.6 Å². The molecule has 174 valence electrons. The van der Waals surface area contributed by atoms with E-state index in [1.807, 2.05) is 90.3 Å². The summed E-state index contributed by atoms with van der Waals surface area (Å²) in [6.45, 7) is 0.710. The molecule has 0 radical (unpaired) electrons. The molecular weight excluding hydrogens is 476 g/mol. The summed E-state index contributed by atoms with van der Waals surface area (Å²) in [6, 6.07) is 28.9. The van der Waals surface area contributed by atoms with E-state index in [9.17, 15) is 9.59 Å². The summed E-state index contributed by atoms with van der Waals surface area (Å²) >= 11 is 2.81. The SMILES string of the molecule is O=C(Nc1cccc(CNC(=O)c2sc3ccccc3c2OCc2ccccc2)c1)c1cccs1. The number of hydrogen-bond acceptors (Lipinski definition) is 5. The maximum atomic E-state index is 13.2. The van der Waals surface area contributed by atoms with E-state index >= 15 is 0 Å². The first-order valence-electron chi connectivity index (χ1n) is 11.1. The third-order valence-corrected chi connectivity index (χ3v) is 7.38. The van der Waals surface area contributed by atoms with Gasteiger partial charge in [0.1, 0.15) is 11.5 Å². The number of benzene rings is 3. The van der Waals surface area contributed by atoms with Crippen LogP contribution in [0.5, 0.6) is 5.75 Å². The third-order valence-electron chi connectivity index (χ3n) is 5.37. The lowest BCUT2D eigenvalue weighted by Crippen LogP contribution is -2.22. The zero-order chi connectivity index (χ0) is 24.0. The van der Waals surface area contributed by atoms with Crippen LogP contribution in [0, 0.1) is 0 Å². The maximum Gasteiger partial charge on any atom is 0.265 e. The van der Waals surface area contributed by atoms with Crippen LogP contribution in [-0.4, -0.2) is 11.8 Å². The predicted molar refractivity (Wildman–Crippen MR) is 142 cm³/mol. The lowest BCUT2D eigenvalue weighted by Gasteiger charge is -2.10. The molecule has 2 heterocycles. The highest BCUT2D eigenvalue weighted by molar-refractivity contribution is 7.21. The molecule has 5 aromatic rings. The molecule has 0 aliphatic carbocycles. The van der Waals surface area contributed by atoms with Crippen LogP contribution in [0.25, 0.3) is 10.1 Å². The Morgan fingerprint density at radius 3 is 2.43 bits per heavy atom. The number of anilines is 1. The Morgan fingerprint density at radius 1 is 0.800 bits per heavy atom. The van der Waals surface area contributed by atoms with Gasteiger partial charge in [0.05, 0.1) is 4.88 Å². The minimum absolute atomic E-state index is 0.147. The summed E-state index contributed by atoms with van der Waals surface area (Å²) in [4.78, 5) is 26.7. The molecule has 0 fully saturated rings. The van der Waals surface area contributed by atoms with Crippen LogP contribution in [0.2, 0.25) is 0 Å². The summed E-state index contributed by atoms with van der Waals surface area (Å²) in [5.41, 5.74) is 2.61. The monoisotopic (exact) mass is 498 g/mol. The predicted octanol–water partition coefficient (Wildman–Crippen LogP) is 6.72. The highest BCUT2D eigenvalue weighted by Gasteiger charge is 2.20. The van der Waals surface area contributed by atoms with E-state index in [4.69, 9.17) is 4.74 Å².